The molecule has 1 N–H and O–H groups in total. The third-order valence-corrected chi connectivity index (χ3v) is 8.50. The van der Waals surface area contributed by atoms with Crippen LogP contribution < -0.4 is 9.47 Å². The lowest BCUT2D eigenvalue weighted by atomic mass is 9.84. The summed E-state index contributed by atoms with van der Waals surface area (Å²) in [6.45, 7) is 3.11. The number of likely N-dealkylation sites (tertiary alicyclic amines) is 1. The number of benzene rings is 2. The summed E-state index contributed by atoms with van der Waals surface area (Å²) in [5.41, 5.74) is 4.49. The van der Waals surface area contributed by atoms with Gasteiger partial charge in [-0.05, 0) is 92.5 Å². The molecule has 3 heterocycles. The van der Waals surface area contributed by atoms with E-state index >= 15 is 0 Å². The van der Waals surface area contributed by atoms with Gasteiger partial charge >= 0.3 is 0 Å². The predicted octanol–water partition coefficient (Wildman–Crippen LogP) is 6.75. The lowest BCUT2D eigenvalue weighted by molar-refractivity contribution is -0.0254. The van der Waals surface area contributed by atoms with Gasteiger partial charge in [-0.3, -0.25) is 4.98 Å². The fraction of sp³-hybridized carbons (Fsp3) is 0.406. The van der Waals surface area contributed by atoms with Crippen molar-refractivity contribution in [3.8, 4) is 11.5 Å². The van der Waals surface area contributed by atoms with Crippen LogP contribution in [0.3, 0.4) is 0 Å². The normalized spacial score (nSPS) is 20.4. The van der Waals surface area contributed by atoms with Crippen LogP contribution in [0.4, 0.5) is 0 Å². The number of ether oxygens (including phenoxy) is 2. The molecule has 3 aliphatic rings. The van der Waals surface area contributed by atoms with Crippen molar-refractivity contribution in [1.82, 2.24) is 9.88 Å². The number of nitrogens with zero attached hydrogens (tertiary/aromatic N) is 2. The van der Waals surface area contributed by atoms with Crippen molar-refractivity contribution in [1.29, 1.82) is 0 Å². The summed E-state index contributed by atoms with van der Waals surface area (Å²) in [6.07, 6.45) is 11.6. The number of aromatic nitrogens is 1. The standard InChI is InChI=1S/C32H35ClN2O3/c33-24-11-9-23(10-12-24)32(36)15-19-35(20-16-32)18-4-8-27-28-7-3-17-34-30(28)22-37-31-14-13-26(21-29(27)31)38-25-5-1-2-6-25/h3,7-14,17,21,25,36H,1-2,4-6,15-16,18-20,22H2/b27-8+. The zero-order chi connectivity index (χ0) is 26.0. The van der Waals surface area contributed by atoms with Crippen LogP contribution in [-0.4, -0.2) is 40.7 Å². The summed E-state index contributed by atoms with van der Waals surface area (Å²) in [4.78, 5) is 7.07. The number of hydrogen-bond acceptors (Lipinski definition) is 5. The van der Waals surface area contributed by atoms with Gasteiger partial charge < -0.3 is 19.5 Å². The maximum absolute atomic E-state index is 11.2. The van der Waals surface area contributed by atoms with E-state index < -0.39 is 5.60 Å². The minimum absolute atomic E-state index is 0.312. The summed E-state index contributed by atoms with van der Waals surface area (Å²) >= 11 is 6.05. The van der Waals surface area contributed by atoms with Gasteiger partial charge in [-0.2, -0.15) is 0 Å². The quantitative estimate of drug-likeness (QED) is 0.382. The molecule has 1 saturated heterocycles. The van der Waals surface area contributed by atoms with Gasteiger partial charge in [0.1, 0.15) is 18.1 Å². The van der Waals surface area contributed by atoms with Gasteiger partial charge in [0.25, 0.3) is 0 Å². The summed E-state index contributed by atoms with van der Waals surface area (Å²) in [7, 11) is 0. The summed E-state index contributed by atoms with van der Waals surface area (Å²) in [5.74, 6) is 1.79. The Bertz CT molecular complexity index is 1290. The maximum atomic E-state index is 11.2. The Morgan fingerprint density at radius 3 is 2.63 bits per heavy atom. The molecule has 0 amide bonds. The molecular weight excluding hydrogens is 496 g/mol. The van der Waals surface area contributed by atoms with Gasteiger partial charge in [0.15, 0.2) is 0 Å². The maximum Gasteiger partial charge on any atom is 0.131 e. The van der Waals surface area contributed by atoms with Gasteiger partial charge in [-0.25, -0.2) is 0 Å². The molecule has 2 aliphatic heterocycles. The van der Waals surface area contributed by atoms with E-state index in [-0.39, 0.29) is 0 Å². The number of piperidine rings is 1. The molecule has 6 rings (SSSR count). The molecule has 1 aliphatic carbocycles. The smallest absolute Gasteiger partial charge is 0.131 e. The van der Waals surface area contributed by atoms with Crippen LogP contribution >= 0.6 is 11.6 Å². The van der Waals surface area contributed by atoms with Gasteiger partial charge in [0, 0.05) is 42.0 Å². The van der Waals surface area contributed by atoms with Crippen molar-refractivity contribution in [2.45, 2.75) is 63.3 Å². The molecular formula is C32H35ClN2O3. The van der Waals surface area contributed by atoms with Crippen LogP contribution in [0.2, 0.25) is 5.02 Å². The van der Waals surface area contributed by atoms with Crippen molar-refractivity contribution >= 4 is 17.2 Å². The second-order valence-corrected chi connectivity index (χ2v) is 11.2. The number of rotatable bonds is 6. The van der Waals surface area contributed by atoms with Crippen molar-refractivity contribution < 1.29 is 14.6 Å². The second kappa shape index (κ2) is 11.1. The van der Waals surface area contributed by atoms with Crippen molar-refractivity contribution in [2.75, 3.05) is 19.6 Å². The van der Waals surface area contributed by atoms with Crippen LogP contribution in [0.5, 0.6) is 11.5 Å². The van der Waals surface area contributed by atoms with Crippen LogP contribution in [0.25, 0.3) is 5.57 Å². The van der Waals surface area contributed by atoms with Gasteiger partial charge in [-0.15, -0.1) is 0 Å². The van der Waals surface area contributed by atoms with E-state index in [0.29, 0.717) is 17.7 Å². The first kappa shape index (κ1) is 25.4. The monoisotopic (exact) mass is 530 g/mol. The van der Waals surface area contributed by atoms with E-state index in [1.54, 1.807) is 0 Å². The highest BCUT2D eigenvalue weighted by molar-refractivity contribution is 6.30. The van der Waals surface area contributed by atoms with E-state index in [0.717, 1.165) is 91.2 Å². The number of halogens is 1. The number of fused-ring (bicyclic) bond motifs is 2. The second-order valence-electron chi connectivity index (χ2n) is 10.8. The van der Waals surface area contributed by atoms with Gasteiger partial charge in [-0.1, -0.05) is 35.9 Å². The molecule has 6 heteroatoms. The SMILES string of the molecule is OC1(c2ccc(Cl)cc2)CCN(CC/C=C2/c3cc(OC4CCCC4)ccc3OCc3ncccc32)CC1. The number of pyridine rings is 1. The van der Waals surface area contributed by atoms with Crippen LogP contribution in [0.15, 0.2) is 66.9 Å². The van der Waals surface area contributed by atoms with Crippen molar-refractivity contribution in [2.24, 2.45) is 0 Å². The Morgan fingerprint density at radius 2 is 1.84 bits per heavy atom. The third-order valence-electron chi connectivity index (χ3n) is 8.25. The van der Waals surface area contributed by atoms with Crippen LogP contribution in [-0.2, 0) is 12.2 Å². The zero-order valence-corrected chi connectivity index (χ0v) is 22.5. The average Bonchev–Trinajstić information content (AvgIpc) is 3.40. The van der Waals surface area contributed by atoms with Gasteiger partial charge in [0.2, 0.25) is 0 Å². The summed E-state index contributed by atoms with van der Waals surface area (Å²) < 4.78 is 12.5. The third kappa shape index (κ3) is 5.47. The molecule has 198 valence electrons. The molecule has 38 heavy (non-hydrogen) atoms. The fourth-order valence-electron chi connectivity index (χ4n) is 6.01. The average molecular weight is 531 g/mol. The minimum Gasteiger partial charge on any atom is -0.490 e. The van der Waals surface area contributed by atoms with E-state index in [1.165, 1.54) is 12.8 Å². The topological polar surface area (TPSA) is 54.8 Å². The van der Waals surface area contributed by atoms with Crippen molar-refractivity contribution in [3.05, 3.63) is 94.3 Å². The first-order valence-electron chi connectivity index (χ1n) is 13.9. The fourth-order valence-corrected chi connectivity index (χ4v) is 6.14. The lowest BCUT2D eigenvalue weighted by Gasteiger charge is -2.38. The van der Waals surface area contributed by atoms with Crippen LogP contribution in [0, 0.1) is 0 Å². The molecule has 0 radical (unpaired) electrons. The highest BCUT2D eigenvalue weighted by atomic mass is 35.5. The number of aliphatic hydroxyl groups is 1. The molecule has 2 aromatic carbocycles. The summed E-state index contributed by atoms with van der Waals surface area (Å²) in [6, 6.07) is 18.0. The number of hydrogen-bond donors (Lipinski definition) is 1. The molecule has 0 unspecified atom stereocenters. The highest BCUT2D eigenvalue weighted by Gasteiger charge is 2.33. The summed E-state index contributed by atoms with van der Waals surface area (Å²) in [5, 5.41) is 11.9. The molecule has 0 bridgehead atoms. The first-order valence-corrected chi connectivity index (χ1v) is 14.2. The van der Waals surface area contributed by atoms with E-state index in [9.17, 15) is 5.11 Å². The predicted molar refractivity (Wildman–Crippen MR) is 151 cm³/mol. The largest absolute Gasteiger partial charge is 0.490 e. The molecule has 2 fully saturated rings. The Morgan fingerprint density at radius 1 is 1.05 bits per heavy atom. The van der Waals surface area contributed by atoms with Crippen LogP contribution in [0.1, 0.15) is 67.3 Å². The van der Waals surface area contributed by atoms with Crippen molar-refractivity contribution in [3.63, 3.8) is 0 Å². The Labute approximate surface area is 230 Å². The minimum atomic E-state index is -0.780. The Balaban J connectivity index is 1.18. The molecule has 0 atom stereocenters. The Hall–Kier alpha value is -2.86. The molecule has 0 spiro atoms. The molecule has 5 nitrogen and oxygen atoms in total. The Kier molecular flexibility index (Phi) is 7.42. The zero-order valence-electron chi connectivity index (χ0n) is 21.7. The molecule has 1 saturated carbocycles. The lowest BCUT2D eigenvalue weighted by Crippen LogP contribution is -2.42. The highest BCUT2D eigenvalue weighted by Crippen LogP contribution is 2.39. The molecule has 1 aromatic heterocycles. The van der Waals surface area contributed by atoms with Gasteiger partial charge in [0.05, 0.1) is 17.4 Å². The molecule has 3 aromatic rings. The van der Waals surface area contributed by atoms with E-state index in [2.05, 4.69) is 28.1 Å². The van der Waals surface area contributed by atoms with E-state index in [4.69, 9.17) is 21.1 Å². The first-order chi connectivity index (χ1) is 18.6. The van der Waals surface area contributed by atoms with E-state index in [1.807, 2.05) is 48.7 Å².